The van der Waals surface area contributed by atoms with Crippen molar-refractivity contribution in [1.29, 1.82) is 0 Å². The number of likely N-dealkylation sites (tertiary alicyclic amines) is 1. The molecule has 0 bridgehead atoms. The van der Waals surface area contributed by atoms with Crippen LogP contribution in [0.4, 0.5) is 5.82 Å². The average Bonchev–Trinajstić information content (AvgIpc) is 3.08. The molecule has 2 aliphatic rings. The Hall–Kier alpha value is -0.950. The quantitative estimate of drug-likeness (QED) is 0.710. The number of piperazine rings is 1. The fraction of sp³-hybridized carbons (Fsp3) is 0.550. The van der Waals surface area contributed by atoms with Crippen LogP contribution in [0, 0.1) is 5.92 Å². The molecular weight excluding hydrogens is 408 g/mol. The van der Waals surface area contributed by atoms with Crippen LogP contribution in [0.1, 0.15) is 17.7 Å². The lowest BCUT2D eigenvalue weighted by Gasteiger charge is -2.39. The zero-order valence-electron chi connectivity index (χ0n) is 15.2. The summed E-state index contributed by atoms with van der Waals surface area (Å²) >= 11 is 5.45. The van der Waals surface area contributed by atoms with E-state index >= 15 is 0 Å². The average molecular weight is 435 g/mol. The molecule has 2 aromatic heterocycles. The molecule has 0 aromatic carbocycles. The summed E-state index contributed by atoms with van der Waals surface area (Å²) in [7, 11) is 0. The van der Waals surface area contributed by atoms with E-state index in [9.17, 15) is 0 Å². The highest BCUT2D eigenvalue weighted by Crippen LogP contribution is 2.26. The van der Waals surface area contributed by atoms with Crippen molar-refractivity contribution >= 4 is 33.1 Å². The van der Waals surface area contributed by atoms with Gasteiger partial charge in [0.05, 0.1) is 3.79 Å². The van der Waals surface area contributed by atoms with Crippen molar-refractivity contribution in [2.45, 2.75) is 19.4 Å². The summed E-state index contributed by atoms with van der Waals surface area (Å²) in [6, 6.07) is 10.6. The summed E-state index contributed by atoms with van der Waals surface area (Å²) in [6.07, 6.45) is 4.61. The normalized spacial score (nSPS) is 22.7. The van der Waals surface area contributed by atoms with Gasteiger partial charge in [0.25, 0.3) is 0 Å². The molecule has 0 saturated carbocycles. The molecule has 2 saturated heterocycles. The molecule has 0 aliphatic carbocycles. The van der Waals surface area contributed by atoms with Gasteiger partial charge >= 0.3 is 0 Å². The van der Waals surface area contributed by atoms with Crippen molar-refractivity contribution in [2.24, 2.45) is 5.92 Å². The van der Waals surface area contributed by atoms with Gasteiger partial charge in [0.2, 0.25) is 0 Å². The van der Waals surface area contributed by atoms with Gasteiger partial charge in [-0.05, 0) is 65.5 Å². The van der Waals surface area contributed by atoms with E-state index in [0.29, 0.717) is 0 Å². The van der Waals surface area contributed by atoms with Crippen LogP contribution in [0.15, 0.2) is 40.3 Å². The molecule has 140 valence electrons. The van der Waals surface area contributed by atoms with Gasteiger partial charge in [0.1, 0.15) is 5.82 Å². The summed E-state index contributed by atoms with van der Waals surface area (Å²) in [6.45, 7) is 9.36. The molecular formula is C20H27BrN4S. The van der Waals surface area contributed by atoms with Crippen LogP contribution < -0.4 is 4.90 Å². The Bertz CT molecular complexity index is 684. The molecule has 0 radical (unpaired) electrons. The van der Waals surface area contributed by atoms with Crippen molar-refractivity contribution in [2.75, 3.05) is 50.7 Å². The fourth-order valence-corrected chi connectivity index (χ4v) is 5.69. The molecule has 2 fully saturated rings. The lowest BCUT2D eigenvalue weighted by Crippen LogP contribution is -2.49. The fourth-order valence-electron chi connectivity index (χ4n) is 4.17. The maximum Gasteiger partial charge on any atom is 0.128 e. The Morgan fingerprint density at radius 2 is 1.92 bits per heavy atom. The smallest absolute Gasteiger partial charge is 0.128 e. The monoisotopic (exact) mass is 434 g/mol. The van der Waals surface area contributed by atoms with Crippen LogP contribution in [0.5, 0.6) is 0 Å². The molecule has 1 unspecified atom stereocenters. The Morgan fingerprint density at radius 3 is 2.65 bits per heavy atom. The van der Waals surface area contributed by atoms with Gasteiger partial charge in [-0.2, -0.15) is 0 Å². The Morgan fingerprint density at radius 1 is 1.04 bits per heavy atom. The standard InChI is InChI=1S/C20H27BrN4S/c21-19-7-6-18(26-19)16-24-9-3-4-17(15-24)14-23-10-12-25(13-11-23)20-5-1-2-8-22-20/h1-2,5-8,17H,3-4,9-16H2. The summed E-state index contributed by atoms with van der Waals surface area (Å²) < 4.78 is 1.24. The maximum atomic E-state index is 4.49. The topological polar surface area (TPSA) is 22.6 Å². The number of hydrogen-bond donors (Lipinski definition) is 0. The molecule has 4 rings (SSSR count). The number of pyridine rings is 1. The Labute approximate surface area is 168 Å². The first-order valence-electron chi connectivity index (χ1n) is 9.61. The number of piperidine rings is 1. The highest BCUT2D eigenvalue weighted by molar-refractivity contribution is 9.11. The van der Waals surface area contributed by atoms with E-state index in [-0.39, 0.29) is 0 Å². The van der Waals surface area contributed by atoms with Crippen LogP contribution in [-0.2, 0) is 6.54 Å². The lowest BCUT2D eigenvalue weighted by atomic mass is 9.97. The van der Waals surface area contributed by atoms with E-state index in [2.05, 4.69) is 59.9 Å². The first-order chi connectivity index (χ1) is 12.8. The predicted molar refractivity (Wildman–Crippen MR) is 113 cm³/mol. The molecule has 0 spiro atoms. The van der Waals surface area contributed by atoms with Crippen LogP contribution in [-0.4, -0.2) is 60.6 Å². The van der Waals surface area contributed by atoms with Gasteiger partial charge in [-0.25, -0.2) is 4.98 Å². The molecule has 26 heavy (non-hydrogen) atoms. The van der Waals surface area contributed by atoms with E-state index in [1.165, 1.54) is 41.1 Å². The van der Waals surface area contributed by atoms with Gasteiger partial charge in [-0.3, -0.25) is 9.80 Å². The SMILES string of the molecule is Brc1ccc(CN2CCCC(CN3CCN(c4ccccn4)CC3)C2)s1. The highest BCUT2D eigenvalue weighted by Gasteiger charge is 2.25. The Balaban J connectivity index is 1.24. The zero-order chi connectivity index (χ0) is 17.8. The minimum absolute atomic E-state index is 0.813. The number of rotatable bonds is 5. The van der Waals surface area contributed by atoms with E-state index in [1.807, 2.05) is 23.6 Å². The molecule has 1 atom stereocenters. The van der Waals surface area contributed by atoms with Gasteiger partial charge in [-0.15, -0.1) is 11.3 Å². The minimum Gasteiger partial charge on any atom is -0.354 e. The number of halogens is 1. The van der Waals surface area contributed by atoms with Crippen LogP contribution in [0.2, 0.25) is 0 Å². The van der Waals surface area contributed by atoms with E-state index in [4.69, 9.17) is 0 Å². The highest BCUT2D eigenvalue weighted by atomic mass is 79.9. The van der Waals surface area contributed by atoms with Gasteiger partial charge < -0.3 is 4.90 Å². The molecule has 0 amide bonds. The summed E-state index contributed by atoms with van der Waals surface area (Å²) in [4.78, 5) is 13.7. The molecule has 6 heteroatoms. The van der Waals surface area contributed by atoms with Crippen LogP contribution in [0.25, 0.3) is 0 Å². The second kappa shape index (κ2) is 8.83. The number of anilines is 1. The van der Waals surface area contributed by atoms with Crippen molar-refractivity contribution in [1.82, 2.24) is 14.8 Å². The third kappa shape index (κ3) is 4.85. The number of nitrogens with zero attached hydrogens (tertiary/aromatic N) is 4. The second-order valence-corrected chi connectivity index (χ2v) is 9.97. The number of aromatic nitrogens is 1. The van der Waals surface area contributed by atoms with Gasteiger partial charge in [-0.1, -0.05) is 6.07 Å². The summed E-state index contributed by atoms with van der Waals surface area (Å²) in [5.74, 6) is 1.94. The molecule has 2 aromatic rings. The van der Waals surface area contributed by atoms with Crippen LogP contribution in [0.3, 0.4) is 0 Å². The van der Waals surface area contributed by atoms with Gasteiger partial charge in [0.15, 0.2) is 0 Å². The van der Waals surface area contributed by atoms with Crippen molar-refractivity contribution in [3.05, 3.63) is 45.2 Å². The first-order valence-corrected chi connectivity index (χ1v) is 11.2. The largest absolute Gasteiger partial charge is 0.354 e. The van der Waals surface area contributed by atoms with Gasteiger partial charge in [0, 0.05) is 56.9 Å². The summed E-state index contributed by atoms with van der Waals surface area (Å²) in [5.41, 5.74) is 0. The van der Waals surface area contributed by atoms with Crippen molar-refractivity contribution in [3.63, 3.8) is 0 Å². The lowest BCUT2D eigenvalue weighted by molar-refractivity contribution is 0.125. The predicted octanol–water partition coefficient (Wildman–Crippen LogP) is 3.94. The minimum atomic E-state index is 0.813. The van der Waals surface area contributed by atoms with E-state index in [0.717, 1.165) is 44.5 Å². The maximum absolute atomic E-state index is 4.49. The Kier molecular flexibility index (Phi) is 6.25. The number of thiophene rings is 1. The molecule has 0 N–H and O–H groups in total. The second-order valence-electron chi connectivity index (χ2n) is 7.42. The van der Waals surface area contributed by atoms with Crippen LogP contribution >= 0.6 is 27.3 Å². The van der Waals surface area contributed by atoms with E-state index < -0.39 is 0 Å². The van der Waals surface area contributed by atoms with Crippen molar-refractivity contribution in [3.8, 4) is 0 Å². The summed E-state index contributed by atoms with van der Waals surface area (Å²) in [5, 5.41) is 0. The third-order valence-electron chi connectivity index (χ3n) is 5.47. The zero-order valence-corrected chi connectivity index (χ0v) is 17.6. The molecule has 4 nitrogen and oxygen atoms in total. The molecule has 2 aliphatic heterocycles. The van der Waals surface area contributed by atoms with E-state index in [1.54, 1.807) is 0 Å². The number of hydrogen-bond acceptors (Lipinski definition) is 5. The first kappa shape index (κ1) is 18.4. The van der Waals surface area contributed by atoms with Crippen molar-refractivity contribution < 1.29 is 0 Å². The third-order valence-corrected chi connectivity index (χ3v) is 7.08. The molecule has 4 heterocycles.